The number of nitrogens with zero attached hydrogens (tertiary/aromatic N) is 2. The fraction of sp³-hybridized carbons (Fsp3) is 0.238. The van der Waals surface area contributed by atoms with Gasteiger partial charge in [-0.05, 0) is 24.3 Å². The molecule has 1 saturated heterocycles. The number of furan rings is 1. The van der Waals surface area contributed by atoms with Crippen LogP contribution in [0.2, 0.25) is 0 Å². The van der Waals surface area contributed by atoms with Gasteiger partial charge in [0.2, 0.25) is 0 Å². The van der Waals surface area contributed by atoms with Crippen LogP contribution in [0.3, 0.4) is 0 Å². The van der Waals surface area contributed by atoms with E-state index in [9.17, 15) is 4.79 Å². The number of anilines is 1. The van der Waals surface area contributed by atoms with Gasteiger partial charge in [0.05, 0.1) is 0 Å². The van der Waals surface area contributed by atoms with E-state index in [0.29, 0.717) is 31.2 Å². The van der Waals surface area contributed by atoms with E-state index in [0.717, 1.165) is 18.8 Å². The Bertz CT molecular complexity index is 872. The summed E-state index contributed by atoms with van der Waals surface area (Å²) in [5.74, 6) is 1.71. The molecule has 6 heteroatoms. The molecule has 1 amide bonds. The topological polar surface area (TPSA) is 60.1 Å². The van der Waals surface area contributed by atoms with Crippen molar-refractivity contribution in [1.29, 1.82) is 0 Å². The molecule has 0 atom stereocenters. The molecule has 0 unspecified atom stereocenters. The van der Waals surface area contributed by atoms with E-state index < -0.39 is 0 Å². The zero-order valence-corrected chi connectivity index (χ0v) is 15.0. The van der Waals surface area contributed by atoms with Crippen LogP contribution in [0.25, 0.3) is 0 Å². The molecule has 0 aliphatic carbocycles. The lowest BCUT2D eigenvalue weighted by Gasteiger charge is -2.35. The summed E-state index contributed by atoms with van der Waals surface area (Å²) < 4.78 is 11.4. The highest BCUT2D eigenvalue weighted by Gasteiger charge is 2.24. The summed E-state index contributed by atoms with van der Waals surface area (Å²) in [4.78, 5) is 19.8. The van der Waals surface area contributed by atoms with Crippen LogP contribution in [0.4, 0.5) is 5.69 Å². The van der Waals surface area contributed by atoms with Crippen molar-refractivity contribution in [3.8, 4) is 5.75 Å². The quantitative estimate of drug-likeness (QED) is 0.698. The second-order valence-corrected chi connectivity index (χ2v) is 6.41. The summed E-state index contributed by atoms with van der Waals surface area (Å²) in [6, 6.07) is 17.2. The number of H-pyrrole nitrogens is 1. The third kappa shape index (κ3) is 4.11. The molecule has 1 aliphatic rings. The zero-order valence-electron chi connectivity index (χ0n) is 15.0. The molecular weight excluding hydrogens is 342 g/mol. The number of hydrogen-bond donors (Lipinski definition) is 0. The average molecular weight is 364 g/mol. The maximum atomic E-state index is 12.7. The van der Waals surface area contributed by atoms with Crippen LogP contribution in [0.5, 0.6) is 5.75 Å². The number of pyridine rings is 1. The summed E-state index contributed by atoms with van der Waals surface area (Å²) in [6.07, 6.45) is 3.82. The first kappa shape index (κ1) is 17.1. The Kier molecular flexibility index (Phi) is 5.05. The van der Waals surface area contributed by atoms with E-state index in [1.807, 2.05) is 59.8 Å². The molecule has 3 heterocycles. The van der Waals surface area contributed by atoms with Crippen LogP contribution in [0, 0.1) is 0 Å². The number of amides is 1. The number of carbonyl (C=O) groups is 1. The van der Waals surface area contributed by atoms with E-state index in [2.05, 4.69) is 9.88 Å². The first-order valence-electron chi connectivity index (χ1n) is 9.06. The molecular formula is C21H22N3O3+. The second kappa shape index (κ2) is 7.95. The van der Waals surface area contributed by atoms with Crippen LogP contribution < -0.4 is 14.6 Å². The predicted octanol–water partition coefficient (Wildman–Crippen LogP) is 2.64. The van der Waals surface area contributed by atoms with Crippen LogP contribution in [0.1, 0.15) is 16.3 Å². The van der Waals surface area contributed by atoms with E-state index in [-0.39, 0.29) is 5.91 Å². The van der Waals surface area contributed by atoms with Gasteiger partial charge in [0, 0.05) is 44.0 Å². The lowest BCUT2D eigenvalue weighted by Crippen LogP contribution is -2.48. The third-order valence-corrected chi connectivity index (χ3v) is 4.63. The van der Waals surface area contributed by atoms with E-state index in [1.54, 1.807) is 12.1 Å². The Morgan fingerprint density at radius 1 is 0.963 bits per heavy atom. The summed E-state index contributed by atoms with van der Waals surface area (Å²) in [5, 5.41) is 0. The first-order valence-corrected chi connectivity index (χ1v) is 9.06. The number of piperazine rings is 1. The van der Waals surface area contributed by atoms with E-state index in [1.165, 1.54) is 5.69 Å². The molecule has 1 fully saturated rings. The highest BCUT2D eigenvalue weighted by Crippen LogP contribution is 2.18. The minimum absolute atomic E-state index is 0.0676. The molecule has 0 saturated carbocycles. The van der Waals surface area contributed by atoms with Crippen molar-refractivity contribution in [3.63, 3.8) is 0 Å². The Labute approximate surface area is 158 Å². The normalized spacial score (nSPS) is 14.2. The standard InChI is InChI=1S/C21H21N3O3/c25-21(24-14-12-23(13-15-24)17-8-10-22-11-9-17)20-7-6-19(27-20)16-26-18-4-2-1-3-5-18/h1-11H,12-16H2/p+1. The number of aromatic amines is 1. The van der Waals surface area contributed by atoms with E-state index in [4.69, 9.17) is 9.15 Å². The molecule has 1 N–H and O–H groups in total. The number of aromatic nitrogens is 1. The fourth-order valence-electron chi connectivity index (χ4n) is 3.15. The Balaban J connectivity index is 1.32. The lowest BCUT2D eigenvalue weighted by atomic mass is 10.2. The Hall–Kier alpha value is -3.28. The molecule has 0 spiro atoms. The van der Waals surface area contributed by atoms with Gasteiger partial charge in [0.25, 0.3) is 5.91 Å². The van der Waals surface area contributed by atoms with Crippen molar-refractivity contribution >= 4 is 11.6 Å². The van der Waals surface area contributed by atoms with Crippen molar-refractivity contribution in [2.45, 2.75) is 6.61 Å². The van der Waals surface area contributed by atoms with Gasteiger partial charge in [0.15, 0.2) is 18.2 Å². The molecule has 0 bridgehead atoms. The van der Waals surface area contributed by atoms with Crippen molar-refractivity contribution in [1.82, 2.24) is 4.90 Å². The van der Waals surface area contributed by atoms with Gasteiger partial charge in [-0.25, -0.2) is 4.98 Å². The molecule has 1 aliphatic heterocycles. The molecule has 1 aromatic carbocycles. The molecule has 138 valence electrons. The summed E-state index contributed by atoms with van der Waals surface area (Å²) in [7, 11) is 0. The monoisotopic (exact) mass is 364 g/mol. The maximum Gasteiger partial charge on any atom is 0.289 e. The van der Waals surface area contributed by atoms with Gasteiger partial charge >= 0.3 is 0 Å². The Morgan fingerprint density at radius 2 is 1.70 bits per heavy atom. The van der Waals surface area contributed by atoms with Crippen molar-refractivity contribution in [3.05, 3.63) is 78.5 Å². The molecule has 2 aromatic heterocycles. The average Bonchev–Trinajstić information content (AvgIpc) is 3.22. The minimum atomic E-state index is -0.0676. The SMILES string of the molecule is O=C(c1ccc(COc2ccccc2)o1)N1CCN(c2cc[nH+]cc2)CC1. The van der Waals surface area contributed by atoms with Gasteiger partial charge in [-0.3, -0.25) is 4.79 Å². The lowest BCUT2D eigenvalue weighted by molar-refractivity contribution is -0.377. The third-order valence-electron chi connectivity index (χ3n) is 4.63. The van der Waals surface area contributed by atoms with Gasteiger partial charge in [0.1, 0.15) is 18.1 Å². The highest BCUT2D eigenvalue weighted by molar-refractivity contribution is 5.91. The number of carbonyl (C=O) groups excluding carboxylic acids is 1. The summed E-state index contributed by atoms with van der Waals surface area (Å²) >= 11 is 0. The zero-order chi connectivity index (χ0) is 18.5. The highest BCUT2D eigenvalue weighted by atomic mass is 16.5. The second-order valence-electron chi connectivity index (χ2n) is 6.41. The predicted molar refractivity (Wildman–Crippen MR) is 101 cm³/mol. The van der Waals surface area contributed by atoms with Gasteiger partial charge in [-0.1, -0.05) is 18.2 Å². The maximum absolute atomic E-state index is 12.7. The van der Waals surface area contributed by atoms with Gasteiger partial charge < -0.3 is 19.0 Å². The largest absolute Gasteiger partial charge is 0.486 e. The summed E-state index contributed by atoms with van der Waals surface area (Å²) in [6.45, 7) is 3.26. The molecule has 6 nitrogen and oxygen atoms in total. The number of rotatable bonds is 5. The van der Waals surface area contributed by atoms with Crippen LogP contribution in [-0.2, 0) is 6.61 Å². The van der Waals surface area contributed by atoms with Gasteiger partial charge in [-0.15, -0.1) is 0 Å². The van der Waals surface area contributed by atoms with Crippen molar-refractivity contribution < 1.29 is 18.9 Å². The number of benzene rings is 1. The van der Waals surface area contributed by atoms with E-state index >= 15 is 0 Å². The van der Waals surface area contributed by atoms with Crippen LogP contribution in [0.15, 0.2) is 71.4 Å². The first-order chi connectivity index (χ1) is 13.3. The van der Waals surface area contributed by atoms with Crippen molar-refractivity contribution in [2.24, 2.45) is 0 Å². The fourth-order valence-corrected chi connectivity index (χ4v) is 3.15. The molecule has 27 heavy (non-hydrogen) atoms. The Morgan fingerprint density at radius 3 is 2.44 bits per heavy atom. The smallest absolute Gasteiger partial charge is 0.289 e. The molecule has 4 rings (SSSR count). The number of nitrogens with one attached hydrogen (secondary N) is 1. The minimum Gasteiger partial charge on any atom is -0.486 e. The van der Waals surface area contributed by atoms with Gasteiger partial charge in [-0.2, -0.15) is 0 Å². The molecule has 0 radical (unpaired) electrons. The number of para-hydroxylation sites is 1. The van der Waals surface area contributed by atoms with Crippen LogP contribution in [-0.4, -0.2) is 37.0 Å². The summed E-state index contributed by atoms with van der Waals surface area (Å²) in [5.41, 5.74) is 1.17. The molecule has 3 aromatic rings. The van der Waals surface area contributed by atoms with Crippen LogP contribution >= 0.6 is 0 Å². The number of ether oxygens (including phenoxy) is 1. The van der Waals surface area contributed by atoms with Crippen molar-refractivity contribution in [2.75, 3.05) is 31.1 Å². The number of hydrogen-bond acceptors (Lipinski definition) is 4.